The average Bonchev–Trinajstić information content (AvgIpc) is 3.24. The molecule has 0 aliphatic heterocycles. The number of fused-ring (bicyclic) bond motifs is 2. The van der Waals surface area contributed by atoms with Gasteiger partial charge in [-0.05, 0) is 49.4 Å². The van der Waals surface area contributed by atoms with Crippen molar-refractivity contribution in [3.05, 3.63) is 10.6 Å². The van der Waals surface area contributed by atoms with E-state index in [2.05, 4.69) is 38.3 Å². The van der Waals surface area contributed by atoms with Crippen LogP contribution in [0.4, 0.5) is 5.13 Å². The van der Waals surface area contributed by atoms with Gasteiger partial charge in [-0.1, -0.05) is 47.5 Å². The first-order valence-corrected chi connectivity index (χ1v) is 14.8. The lowest BCUT2D eigenvalue weighted by atomic mass is 9.47. The van der Waals surface area contributed by atoms with Gasteiger partial charge in [0.2, 0.25) is 11.8 Å². The van der Waals surface area contributed by atoms with Gasteiger partial charge in [0.25, 0.3) is 0 Å². The number of amides is 2. The Bertz CT molecular complexity index is 937. The summed E-state index contributed by atoms with van der Waals surface area (Å²) in [6.07, 6.45) is 5.54. The van der Waals surface area contributed by atoms with E-state index in [1.54, 1.807) is 0 Å². The fourth-order valence-corrected chi connectivity index (χ4v) is 7.72. The molecule has 1 aromatic rings. The van der Waals surface area contributed by atoms with E-state index in [1.807, 2.05) is 6.92 Å². The maximum absolute atomic E-state index is 13.3. The van der Waals surface area contributed by atoms with Crippen LogP contribution in [0.2, 0.25) is 0 Å². The molecule has 9 heteroatoms. The Morgan fingerprint density at radius 2 is 1.92 bits per heavy atom. The number of hydrogen-bond donors (Lipinski definition) is 5. The molecule has 5 N–H and O–H groups in total. The summed E-state index contributed by atoms with van der Waals surface area (Å²) in [4.78, 5) is 31.7. The minimum atomic E-state index is -0.696. The van der Waals surface area contributed by atoms with Crippen molar-refractivity contribution in [2.24, 2.45) is 22.7 Å². The normalized spacial score (nSPS) is 29.9. The fourth-order valence-electron chi connectivity index (χ4n) is 6.64. The molecule has 2 aliphatic rings. The van der Waals surface area contributed by atoms with Gasteiger partial charge in [0.15, 0.2) is 5.13 Å². The highest BCUT2D eigenvalue weighted by Crippen LogP contribution is 2.62. The minimum absolute atomic E-state index is 0.0445. The van der Waals surface area contributed by atoms with Crippen molar-refractivity contribution in [2.75, 3.05) is 18.5 Å². The molecule has 0 saturated heterocycles. The largest absolute Gasteiger partial charge is 0.396 e. The number of nitrogens with zero attached hydrogens (tertiary/aromatic N) is 1. The Hall–Kier alpha value is -1.55. The van der Waals surface area contributed by atoms with Crippen molar-refractivity contribution in [1.29, 1.82) is 0 Å². The molecule has 0 spiro atoms. The van der Waals surface area contributed by atoms with Crippen LogP contribution in [0.15, 0.2) is 0 Å². The summed E-state index contributed by atoms with van der Waals surface area (Å²) in [5.41, 5.74) is -0.202. The lowest BCUT2D eigenvalue weighted by Gasteiger charge is -2.58. The highest BCUT2D eigenvalue weighted by Gasteiger charge is 2.59. The smallest absolute Gasteiger partial charge is 0.226 e. The number of nitrogens with one attached hydrogen (secondary N) is 2. The van der Waals surface area contributed by atoms with Gasteiger partial charge in [0.1, 0.15) is 0 Å². The number of aliphatic hydroxyl groups is 3. The Labute approximate surface area is 225 Å². The number of carbonyl (C=O) groups excluding carboxylic acids is 2. The molecule has 1 saturated carbocycles. The SMILES string of the molecule is CCCCCC(=O)Nc1nc2c(s1)C[C@@H]1[C@](C)(CO)[C@H](O)CC[C@@]1(C)[C@@H]2CC(=O)N[C@@H](CO)CC(C)C. The van der Waals surface area contributed by atoms with Crippen LogP contribution in [-0.2, 0) is 16.0 Å². The molecule has 1 fully saturated rings. The second kappa shape index (κ2) is 12.5. The maximum Gasteiger partial charge on any atom is 0.226 e. The van der Waals surface area contributed by atoms with Crippen LogP contribution < -0.4 is 10.6 Å². The van der Waals surface area contributed by atoms with Gasteiger partial charge < -0.3 is 26.0 Å². The number of carbonyl (C=O) groups is 2. The number of aromatic nitrogens is 1. The van der Waals surface area contributed by atoms with E-state index in [0.29, 0.717) is 36.7 Å². The Kier molecular flexibility index (Phi) is 10.2. The summed E-state index contributed by atoms with van der Waals surface area (Å²) in [6.45, 7) is 10.1. The third kappa shape index (κ3) is 6.54. The van der Waals surface area contributed by atoms with Gasteiger partial charge >= 0.3 is 0 Å². The quantitative estimate of drug-likeness (QED) is 0.256. The lowest BCUT2D eigenvalue weighted by Crippen LogP contribution is -2.58. The van der Waals surface area contributed by atoms with Crippen molar-refractivity contribution in [3.8, 4) is 0 Å². The standard InChI is InChI=1S/C28H47N3O5S/c1-6-7-8-9-23(35)30-26-31-25-19(13-24(36)29-18(15-32)12-17(2)3)27(4)11-10-22(34)28(5,16-33)21(27)14-20(25)37-26/h17-19,21-22,32-34H,6-16H2,1-5H3,(H,29,36)(H,30,31,35)/t18-,19-,21+,22-,27+,28+/m1/s1. The van der Waals surface area contributed by atoms with Crippen LogP contribution in [0.25, 0.3) is 0 Å². The highest BCUT2D eigenvalue weighted by atomic mass is 32.1. The molecule has 0 radical (unpaired) electrons. The highest BCUT2D eigenvalue weighted by molar-refractivity contribution is 7.15. The first-order chi connectivity index (χ1) is 17.5. The average molecular weight is 538 g/mol. The molecule has 37 heavy (non-hydrogen) atoms. The topological polar surface area (TPSA) is 132 Å². The van der Waals surface area contributed by atoms with E-state index >= 15 is 0 Å². The van der Waals surface area contributed by atoms with Crippen molar-refractivity contribution in [1.82, 2.24) is 10.3 Å². The van der Waals surface area contributed by atoms with Crippen LogP contribution >= 0.6 is 11.3 Å². The number of rotatable bonds is 12. The predicted molar refractivity (Wildman–Crippen MR) is 146 cm³/mol. The molecule has 2 aliphatic carbocycles. The molecule has 1 heterocycles. The van der Waals surface area contributed by atoms with E-state index < -0.39 is 11.5 Å². The van der Waals surface area contributed by atoms with Gasteiger partial charge in [0.05, 0.1) is 31.1 Å². The van der Waals surface area contributed by atoms with Gasteiger partial charge in [-0.15, -0.1) is 11.3 Å². The zero-order valence-corrected chi connectivity index (χ0v) is 24.0. The number of thiazole rings is 1. The zero-order valence-electron chi connectivity index (χ0n) is 23.2. The number of unbranched alkanes of at least 4 members (excludes halogenated alkanes) is 2. The predicted octanol–water partition coefficient (Wildman–Crippen LogP) is 3.99. The first-order valence-electron chi connectivity index (χ1n) is 14.0. The summed E-state index contributed by atoms with van der Waals surface area (Å²) < 4.78 is 0. The summed E-state index contributed by atoms with van der Waals surface area (Å²) in [7, 11) is 0. The summed E-state index contributed by atoms with van der Waals surface area (Å²) in [6, 6.07) is -0.302. The van der Waals surface area contributed by atoms with Gasteiger partial charge in [-0.3, -0.25) is 9.59 Å². The Morgan fingerprint density at radius 1 is 1.19 bits per heavy atom. The second-order valence-electron chi connectivity index (χ2n) is 12.1. The third-order valence-electron chi connectivity index (χ3n) is 8.88. The number of aliphatic hydroxyl groups excluding tert-OH is 3. The molecule has 2 amide bonds. The number of anilines is 1. The summed E-state index contributed by atoms with van der Waals surface area (Å²) >= 11 is 1.45. The molecule has 6 atom stereocenters. The number of hydrogen-bond acceptors (Lipinski definition) is 7. The van der Waals surface area contributed by atoms with Crippen LogP contribution in [0, 0.1) is 22.7 Å². The first kappa shape index (κ1) is 30.0. The van der Waals surface area contributed by atoms with Crippen molar-refractivity contribution >= 4 is 28.3 Å². The fraction of sp³-hybridized carbons (Fsp3) is 0.821. The Balaban J connectivity index is 1.92. The lowest BCUT2D eigenvalue weighted by molar-refractivity contribution is -0.144. The molecule has 0 bridgehead atoms. The van der Waals surface area contributed by atoms with Crippen LogP contribution in [-0.4, -0.2) is 57.5 Å². The van der Waals surface area contributed by atoms with Crippen LogP contribution in [0.3, 0.4) is 0 Å². The maximum atomic E-state index is 13.3. The van der Waals surface area contributed by atoms with Crippen molar-refractivity contribution < 1.29 is 24.9 Å². The van der Waals surface area contributed by atoms with E-state index in [1.165, 1.54) is 11.3 Å². The Morgan fingerprint density at radius 3 is 2.54 bits per heavy atom. The monoisotopic (exact) mass is 537 g/mol. The molecular weight excluding hydrogens is 490 g/mol. The van der Waals surface area contributed by atoms with Crippen molar-refractivity contribution in [3.63, 3.8) is 0 Å². The van der Waals surface area contributed by atoms with Gasteiger partial charge in [0, 0.05) is 29.1 Å². The molecule has 0 aromatic carbocycles. The summed E-state index contributed by atoms with van der Waals surface area (Å²) in [5.74, 6) is -0.107. The van der Waals surface area contributed by atoms with Crippen LogP contribution in [0.1, 0.15) is 102 Å². The van der Waals surface area contributed by atoms with E-state index in [-0.39, 0.29) is 54.7 Å². The van der Waals surface area contributed by atoms with Crippen molar-refractivity contribution in [2.45, 2.75) is 110 Å². The minimum Gasteiger partial charge on any atom is -0.396 e. The molecule has 1 aromatic heterocycles. The second-order valence-corrected chi connectivity index (χ2v) is 13.2. The third-order valence-corrected chi connectivity index (χ3v) is 9.89. The molecule has 210 valence electrons. The zero-order chi connectivity index (χ0) is 27.4. The van der Waals surface area contributed by atoms with E-state index in [9.17, 15) is 24.9 Å². The van der Waals surface area contributed by atoms with E-state index in [0.717, 1.165) is 36.3 Å². The molecular formula is C28H47N3O5S. The van der Waals surface area contributed by atoms with Crippen LogP contribution in [0.5, 0.6) is 0 Å². The summed E-state index contributed by atoms with van der Waals surface area (Å²) in [5, 5.41) is 37.7. The van der Waals surface area contributed by atoms with Gasteiger partial charge in [-0.2, -0.15) is 0 Å². The molecule has 8 nitrogen and oxygen atoms in total. The van der Waals surface area contributed by atoms with Gasteiger partial charge in [-0.25, -0.2) is 4.98 Å². The molecule has 3 rings (SSSR count). The molecule has 0 unspecified atom stereocenters. The van der Waals surface area contributed by atoms with E-state index in [4.69, 9.17) is 4.98 Å².